The highest BCUT2D eigenvalue weighted by molar-refractivity contribution is 8.00. The Morgan fingerprint density at radius 3 is 2.93 bits per heavy atom. The van der Waals surface area contributed by atoms with E-state index in [1.165, 1.54) is 10.6 Å². The van der Waals surface area contributed by atoms with Crippen molar-refractivity contribution in [3.63, 3.8) is 0 Å². The highest BCUT2D eigenvalue weighted by atomic mass is 32.2. The topological polar surface area (TPSA) is 28.7 Å². The van der Waals surface area contributed by atoms with E-state index < -0.39 is 0 Å². The van der Waals surface area contributed by atoms with Crippen molar-refractivity contribution in [2.45, 2.75) is 10.1 Å². The maximum Gasteiger partial charge on any atom is 0.137 e. The van der Waals surface area contributed by atoms with Crippen LogP contribution in [0.3, 0.4) is 0 Å². The largest absolute Gasteiger partial charge is 0.318 e. The normalized spacial score (nSPS) is 17.7. The molecule has 3 heteroatoms. The zero-order valence-electron chi connectivity index (χ0n) is 7.92. The fourth-order valence-corrected chi connectivity index (χ4v) is 2.93. The van der Waals surface area contributed by atoms with Crippen LogP contribution in [0.1, 0.15) is 10.9 Å². The summed E-state index contributed by atoms with van der Waals surface area (Å²) in [6, 6.07) is 14.5. The van der Waals surface area contributed by atoms with Gasteiger partial charge in [0.05, 0.1) is 17.5 Å². The monoisotopic (exact) mass is 212 g/mol. The summed E-state index contributed by atoms with van der Waals surface area (Å²) in [5.41, 5.74) is 2.25. The first-order chi connectivity index (χ1) is 7.40. The number of fused-ring (bicyclic) bond motifs is 3. The molecule has 0 unspecified atom stereocenters. The second kappa shape index (κ2) is 3.18. The van der Waals surface area contributed by atoms with Crippen LogP contribution < -0.4 is 0 Å². The van der Waals surface area contributed by atoms with E-state index in [1.54, 1.807) is 11.8 Å². The second-order valence-electron chi connectivity index (χ2n) is 3.40. The van der Waals surface area contributed by atoms with Gasteiger partial charge in [0.15, 0.2) is 0 Å². The van der Waals surface area contributed by atoms with Crippen molar-refractivity contribution in [2.24, 2.45) is 0 Å². The molecule has 1 aromatic carbocycles. The third kappa shape index (κ3) is 1.19. The Balaban J connectivity index is 2.28. The van der Waals surface area contributed by atoms with Crippen LogP contribution in [-0.2, 0) is 0 Å². The van der Waals surface area contributed by atoms with E-state index in [2.05, 4.69) is 22.8 Å². The first-order valence-corrected chi connectivity index (χ1v) is 5.61. The van der Waals surface area contributed by atoms with Crippen molar-refractivity contribution < 1.29 is 0 Å². The zero-order chi connectivity index (χ0) is 10.3. The lowest BCUT2D eigenvalue weighted by molar-refractivity contribution is 0.924. The van der Waals surface area contributed by atoms with Crippen LogP contribution in [0.25, 0.3) is 5.69 Å². The minimum atomic E-state index is -0.0881. The number of aromatic nitrogens is 1. The summed E-state index contributed by atoms with van der Waals surface area (Å²) < 4.78 is 2.10. The highest BCUT2D eigenvalue weighted by Crippen LogP contribution is 2.43. The molecule has 2 heterocycles. The summed E-state index contributed by atoms with van der Waals surface area (Å²) in [6.07, 6.45) is 2.01. The molecule has 0 saturated heterocycles. The van der Waals surface area contributed by atoms with Gasteiger partial charge >= 0.3 is 0 Å². The fraction of sp³-hybridized carbons (Fsp3) is 0.0833. The van der Waals surface area contributed by atoms with Gasteiger partial charge in [-0.1, -0.05) is 23.9 Å². The molecular weight excluding hydrogens is 204 g/mol. The molecule has 1 aliphatic heterocycles. The number of nitriles is 1. The Kier molecular flexibility index (Phi) is 1.83. The van der Waals surface area contributed by atoms with E-state index in [4.69, 9.17) is 5.26 Å². The van der Waals surface area contributed by atoms with Crippen LogP contribution in [-0.4, -0.2) is 4.57 Å². The second-order valence-corrected chi connectivity index (χ2v) is 4.54. The summed E-state index contributed by atoms with van der Waals surface area (Å²) in [4.78, 5) is 1.17. The summed E-state index contributed by atoms with van der Waals surface area (Å²) in [5, 5.41) is 9.01. The van der Waals surface area contributed by atoms with E-state index >= 15 is 0 Å². The van der Waals surface area contributed by atoms with Gasteiger partial charge < -0.3 is 4.57 Å². The Morgan fingerprint density at radius 2 is 2.07 bits per heavy atom. The first-order valence-electron chi connectivity index (χ1n) is 4.73. The molecule has 0 bridgehead atoms. The van der Waals surface area contributed by atoms with Crippen LogP contribution >= 0.6 is 11.8 Å². The number of thioether (sulfide) groups is 1. The van der Waals surface area contributed by atoms with Gasteiger partial charge in [-0.2, -0.15) is 5.26 Å². The van der Waals surface area contributed by atoms with Crippen molar-refractivity contribution >= 4 is 11.8 Å². The molecule has 0 aliphatic carbocycles. The van der Waals surface area contributed by atoms with Crippen LogP contribution in [0, 0.1) is 11.3 Å². The Bertz CT molecular complexity index is 551. The lowest BCUT2D eigenvalue weighted by atomic mass is 10.2. The number of nitrogens with zero attached hydrogens (tertiary/aromatic N) is 2. The average Bonchev–Trinajstić information content (AvgIpc) is 2.77. The van der Waals surface area contributed by atoms with Gasteiger partial charge in [-0.3, -0.25) is 0 Å². The van der Waals surface area contributed by atoms with Crippen LogP contribution in [0.5, 0.6) is 0 Å². The molecule has 0 spiro atoms. The molecular formula is C12H8N2S. The molecule has 1 aromatic heterocycles. The van der Waals surface area contributed by atoms with E-state index in [1.807, 2.05) is 30.5 Å². The van der Waals surface area contributed by atoms with Gasteiger partial charge in [-0.25, -0.2) is 0 Å². The van der Waals surface area contributed by atoms with Crippen LogP contribution in [0.4, 0.5) is 0 Å². The summed E-state index contributed by atoms with van der Waals surface area (Å²) in [6.45, 7) is 0. The van der Waals surface area contributed by atoms with E-state index in [9.17, 15) is 0 Å². The van der Waals surface area contributed by atoms with E-state index in [-0.39, 0.29) is 5.25 Å². The number of rotatable bonds is 0. The standard InChI is InChI=1S/C12H8N2S/c13-8-12-10-5-3-7-14(10)9-4-1-2-6-11(9)15-12/h1-7,12H/t12-/m0/s1. The molecule has 2 nitrogen and oxygen atoms in total. The van der Waals surface area contributed by atoms with Gasteiger partial charge in [-0.15, -0.1) is 0 Å². The van der Waals surface area contributed by atoms with Crippen molar-refractivity contribution in [2.75, 3.05) is 0 Å². The molecule has 3 rings (SSSR count). The quantitative estimate of drug-likeness (QED) is 0.671. The first kappa shape index (κ1) is 8.63. The third-order valence-corrected chi connectivity index (χ3v) is 3.72. The minimum Gasteiger partial charge on any atom is -0.318 e. The van der Waals surface area contributed by atoms with Crippen molar-refractivity contribution in [1.29, 1.82) is 5.26 Å². The molecule has 72 valence electrons. The van der Waals surface area contributed by atoms with Gasteiger partial charge in [0.25, 0.3) is 0 Å². The van der Waals surface area contributed by atoms with Crippen molar-refractivity contribution in [3.05, 3.63) is 48.3 Å². The molecule has 0 N–H and O–H groups in total. The molecule has 0 amide bonds. The number of hydrogen-bond donors (Lipinski definition) is 0. The van der Waals surface area contributed by atoms with Gasteiger partial charge in [0.1, 0.15) is 5.25 Å². The Hall–Kier alpha value is -1.66. The predicted molar refractivity (Wildman–Crippen MR) is 60.0 cm³/mol. The molecule has 1 atom stereocenters. The third-order valence-electron chi connectivity index (χ3n) is 2.54. The van der Waals surface area contributed by atoms with E-state index in [0.29, 0.717) is 0 Å². The number of benzene rings is 1. The van der Waals surface area contributed by atoms with Gasteiger partial charge in [0, 0.05) is 11.1 Å². The summed E-state index contributed by atoms with van der Waals surface area (Å²) in [5.74, 6) is 0. The van der Waals surface area contributed by atoms with Gasteiger partial charge in [-0.05, 0) is 24.3 Å². The number of para-hydroxylation sites is 1. The molecule has 0 fully saturated rings. The highest BCUT2D eigenvalue weighted by Gasteiger charge is 2.23. The Morgan fingerprint density at radius 1 is 1.20 bits per heavy atom. The zero-order valence-corrected chi connectivity index (χ0v) is 8.74. The smallest absolute Gasteiger partial charge is 0.137 e. The van der Waals surface area contributed by atoms with Crippen LogP contribution in [0.15, 0.2) is 47.5 Å². The molecule has 0 saturated carbocycles. The predicted octanol–water partition coefficient (Wildman–Crippen LogP) is 3.15. The Labute approximate surface area is 92.1 Å². The lowest BCUT2D eigenvalue weighted by Crippen LogP contribution is -2.08. The maximum atomic E-state index is 9.10. The van der Waals surface area contributed by atoms with Gasteiger partial charge in [0.2, 0.25) is 0 Å². The van der Waals surface area contributed by atoms with Crippen molar-refractivity contribution in [1.82, 2.24) is 4.57 Å². The average molecular weight is 212 g/mol. The summed E-state index contributed by atoms with van der Waals surface area (Å²) >= 11 is 1.62. The molecule has 15 heavy (non-hydrogen) atoms. The minimum absolute atomic E-state index is 0.0881. The number of hydrogen-bond acceptors (Lipinski definition) is 2. The lowest BCUT2D eigenvalue weighted by Gasteiger charge is -2.22. The molecule has 0 radical (unpaired) electrons. The SMILES string of the molecule is N#C[C@@H]1Sc2ccccc2-n2cccc21. The summed E-state index contributed by atoms with van der Waals surface area (Å²) in [7, 11) is 0. The van der Waals surface area contributed by atoms with Crippen LogP contribution in [0.2, 0.25) is 0 Å². The molecule has 1 aliphatic rings. The maximum absolute atomic E-state index is 9.10. The van der Waals surface area contributed by atoms with E-state index in [0.717, 1.165) is 5.69 Å². The molecule has 2 aromatic rings. The van der Waals surface area contributed by atoms with Crippen molar-refractivity contribution in [3.8, 4) is 11.8 Å². The fourth-order valence-electron chi connectivity index (χ4n) is 1.86.